The van der Waals surface area contributed by atoms with Crippen LogP contribution in [0, 0.1) is 0 Å². The number of hydrogen-bond acceptors (Lipinski definition) is 3. The minimum absolute atomic E-state index is 0.0209. The molecule has 0 aliphatic heterocycles. The highest BCUT2D eigenvalue weighted by Crippen LogP contribution is 2.12. The Morgan fingerprint density at radius 2 is 1.57 bits per heavy atom. The van der Waals surface area contributed by atoms with Crippen LogP contribution in [0.1, 0.15) is 34.8 Å². The smallest absolute Gasteiger partial charge is 0.333 e. The Balaban J connectivity index is 1.86. The zero-order valence-electron chi connectivity index (χ0n) is 13.2. The molecule has 0 fully saturated rings. The Bertz CT molecular complexity index is 685. The van der Waals surface area contributed by atoms with Crippen LogP contribution in [0.2, 0.25) is 0 Å². The number of carbonyl (C=O) groups excluding carboxylic acids is 2. The minimum Gasteiger partial charge on any atom is -0.462 e. The third-order valence-electron chi connectivity index (χ3n) is 3.44. The zero-order valence-corrected chi connectivity index (χ0v) is 13.2. The van der Waals surface area contributed by atoms with Crippen LogP contribution in [0.3, 0.4) is 0 Å². The molecule has 0 saturated carbocycles. The van der Waals surface area contributed by atoms with Crippen molar-refractivity contribution in [2.75, 3.05) is 6.61 Å². The molecule has 3 heteroatoms. The van der Waals surface area contributed by atoms with Gasteiger partial charge in [-0.2, -0.15) is 0 Å². The maximum Gasteiger partial charge on any atom is 0.333 e. The molecule has 2 rings (SSSR count). The van der Waals surface area contributed by atoms with Gasteiger partial charge in [-0.1, -0.05) is 61.2 Å². The highest BCUT2D eigenvalue weighted by molar-refractivity contribution is 6.08. The van der Waals surface area contributed by atoms with Gasteiger partial charge < -0.3 is 4.74 Å². The Labute approximate surface area is 136 Å². The molecule has 0 unspecified atom stereocenters. The standard InChI is InChI=1S/C20H20O3/c1-15(2)20(22)23-14-6-7-16-10-12-18(13-11-16)19(21)17-8-4-3-5-9-17/h3-5,8-13H,1,6-7,14H2,2H3. The summed E-state index contributed by atoms with van der Waals surface area (Å²) in [7, 11) is 0. The van der Waals surface area contributed by atoms with Crippen molar-refractivity contribution in [1.82, 2.24) is 0 Å². The number of aryl methyl sites for hydroxylation is 1. The van der Waals surface area contributed by atoms with E-state index in [2.05, 4.69) is 6.58 Å². The normalized spacial score (nSPS) is 10.1. The van der Waals surface area contributed by atoms with Crippen molar-refractivity contribution < 1.29 is 14.3 Å². The molecule has 0 aliphatic rings. The van der Waals surface area contributed by atoms with Crippen molar-refractivity contribution in [2.24, 2.45) is 0 Å². The second-order valence-electron chi connectivity index (χ2n) is 5.41. The average molecular weight is 308 g/mol. The molecule has 0 aromatic heterocycles. The van der Waals surface area contributed by atoms with Gasteiger partial charge in [0.1, 0.15) is 0 Å². The number of benzene rings is 2. The SMILES string of the molecule is C=C(C)C(=O)OCCCc1ccc(C(=O)c2ccccc2)cc1. The first-order valence-corrected chi connectivity index (χ1v) is 7.59. The Morgan fingerprint density at radius 1 is 0.957 bits per heavy atom. The number of ether oxygens (including phenoxy) is 1. The van der Waals surface area contributed by atoms with E-state index in [-0.39, 0.29) is 11.8 Å². The molecular weight excluding hydrogens is 288 g/mol. The second kappa shape index (κ2) is 8.08. The van der Waals surface area contributed by atoms with E-state index in [1.54, 1.807) is 6.92 Å². The topological polar surface area (TPSA) is 43.4 Å². The van der Waals surface area contributed by atoms with Crippen molar-refractivity contribution in [3.63, 3.8) is 0 Å². The predicted molar refractivity (Wildman–Crippen MR) is 90.4 cm³/mol. The summed E-state index contributed by atoms with van der Waals surface area (Å²) in [5.74, 6) is -0.332. The van der Waals surface area contributed by atoms with Gasteiger partial charge in [-0.3, -0.25) is 4.79 Å². The Morgan fingerprint density at radius 3 is 2.17 bits per heavy atom. The van der Waals surface area contributed by atoms with E-state index >= 15 is 0 Å². The number of carbonyl (C=O) groups is 2. The molecule has 3 nitrogen and oxygen atoms in total. The van der Waals surface area contributed by atoms with E-state index in [1.165, 1.54) is 0 Å². The van der Waals surface area contributed by atoms with Gasteiger partial charge in [0, 0.05) is 16.7 Å². The van der Waals surface area contributed by atoms with Crippen LogP contribution < -0.4 is 0 Å². The van der Waals surface area contributed by atoms with Crippen LogP contribution in [-0.4, -0.2) is 18.4 Å². The third kappa shape index (κ3) is 4.92. The quantitative estimate of drug-likeness (QED) is 0.336. The first-order valence-electron chi connectivity index (χ1n) is 7.59. The van der Waals surface area contributed by atoms with Gasteiger partial charge in [-0.15, -0.1) is 0 Å². The number of rotatable bonds is 7. The second-order valence-corrected chi connectivity index (χ2v) is 5.41. The van der Waals surface area contributed by atoms with Gasteiger partial charge in [0.25, 0.3) is 0 Å². The molecule has 0 spiro atoms. The molecule has 0 N–H and O–H groups in total. The highest BCUT2D eigenvalue weighted by atomic mass is 16.5. The monoisotopic (exact) mass is 308 g/mol. The van der Waals surface area contributed by atoms with Crippen LogP contribution in [-0.2, 0) is 16.0 Å². The molecule has 118 valence electrons. The van der Waals surface area contributed by atoms with Gasteiger partial charge in [-0.25, -0.2) is 4.79 Å². The molecule has 2 aromatic rings. The van der Waals surface area contributed by atoms with Crippen molar-refractivity contribution in [3.05, 3.63) is 83.4 Å². The van der Waals surface area contributed by atoms with Crippen molar-refractivity contribution >= 4 is 11.8 Å². The molecule has 0 aliphatic carbocycles. The summed E-state index contributed by atoms with van der Waals surface area (Å²) in [6.07, 6.45) is 1.54. The van der Waals surface area contributed by atoms with Crippen LogP contribution in [0.5, 0.6) is 0 Å². The average Bonchev–Trinajstić information content (AvgIpc) is 2.59. The molecule has 0 heterocycles. The Hall–Kier alpha value is -2.68. The van der Waals surface area contributed by atoms with Crippen LogP contribution in [0.15, 0.2) is 66.7 Å². The van der Waals surface area contributed by atoms with E-state index < -0.39 is 0 Å². The number of esters is 1. The summed E-state index contributed by atoms with van der Waals surface area (Å²) in [6.45, 7) is 5.54. The van der Waals surface area contributed by atoms with Crippen LogP contribution in [0.4, 0.5) is 0 Å². The fourth-order valence-electron chi connectivity index (χ4n) is 2.14. The maximum absolute atomic E-state index is 12.3. The fraction of sp³-hybridized carbons (Fsp3) is 0.200. The largest absolute Gasteiger partial charge is 0.462 e. The first-order chi connectivity index (χ1) is 11.1. The number of ketones is 1. The lowest BCUT2D eigenvalue weighted by molar-refractivity contribution is -0.139. The van der Waals surface area contributed by atoms with Gasteiger partial charge >= 0.3 is 5.97 Å². The van der Waals surface area contributed by atoms with Gasteiger partial charge in [0.05, 0.1) is 6.61 Å². The fourth-order valence-corrected chi connectivity index (χ4v) is 2.14. The maximum atomic E-state index is 12.3. The van der Waals surface area contributed by atoms with Crippen LogP contribution in [0.25, 0.3) is 0 Å². The molecule has 0 radical (unpaired) electrons. The van der Waals surface area contributed by atoms with E-state index in [0.717, 1.165) is 18.4 Å². The first kappa shape index (κ1) is 16.7. The van der Waals surface area contributed by atoms with Crippen LogP contribution >= 0.6 is 0 Å². The van der Waals surface area contributed by atoms with Crippen molar-refractivity contribution in [2.45, 2.75) is 19.8 Å². The molecule has 0 amide bonds. The molecule has 0 saturated heterocycles. The summed E-state index contributed by atoms with van der Waals surface area (Å²) in [5, 5.41) is 0. The van der Waals surface area contributed by atoms with Crippen molar-refractivity contribution in [3.8, 4) is 0 Å². The summed E-state index contributed by atoms with van der Waals surface area (Å²) in [5.41, 5.74) is 2.88. The van der Waals surface area contributed by atoms with E-state index in [4.69, 9.17) is 4.74 Å². The third-order valence-corrected chi connectivity index (χ3v) is 3.44. The van der Waals surface area contributed by atoms with E-state index in [1.807, 2.05) is 54.6 Å². The van der Waals surface area contributed by atoms with Gasteiger partial charge in [0.15, 0.2) is 5.78 Å². The highest BCUT2D eigenvalue weighted by Gasteiger charge is 2.08. The summed E-state index contributed by atoms with van der Waals surface area (Å²) >= 11 is 0. The van der Waals surface area contributed by atoms with E-state index in [9.17, 15) is 9.59 Å². The number of hydrogen-bond donors (Lipinski definition) is 0. The van der Waals surface area contributed by atoms with Gasteiger partial charge in [-0.05, 0) is 25.3 Å². The summed E-state index contributed by atoms with van der Waals surface area (Å²) in [4.78, 5) is 23.5. The molecule has 2 aromatic carbocycles. The van der Waals surface area contributed by atoms with Crippen molar-refractivity contribution in [1.29, 1.82) is 0 Å². The predicted octanol–water partition coefficient (Wildman–Crippen LogP) is 3.97. The summed E-state index contributed by atoms with van der Waals surface area (Å²) in [6, 6.07) is 16.8. The lowest BCUT2D eigenvalue weighted by Crippen LogP contribution is -2.07. The molecule has 23 heavy (non-hydrogen) atoms. The van der Waals surface area contributed by atoms with Gasteiger partial charge in [0.2, 0.25) is 0 Å². The molecule has 0 atom stereocenters. The lowest BCUT2D eigenvalue weighted by atomic mass is 10.0. The summed E-state index contributed by atoms with van der Waals surface area (Å²) < 4.78 is 5.05. The molecule has 0 bridgehead atoms. The molecular formula is C20H20O3. The minimum atomic E-state index is -0.353. The van der Waals surface area contributed by atoms with E-state index in [0.29, 0.717) is 23.3 Å². The lowest BCUT2D eigenvalue weighted by Gasteiger charge is -2.06. The Kier molecular flexibility index (Phi) is 5.87. The zero-order chi connectivity index (χ0) is 16.7.